The zero-order valence-electron chi connectivity index (χ0n) is 14.2. The summed E-state index contributed by atoms with van der Waals surface area (Å²) >= 11 is 0. The van der Waals surface area contributed by atoms with Gasteiger partial charge in [-0.25, -0.2) is 0 Å². The highest BCUT2D eigenvalue weighted by Crippen LogP contribution is 2.28. The number of nitrogens with zero attached hydrogens (tertiary/aromatic N) is 1. The van der Waals surface area contributed by atoms with Gasteiger partial charge in [0, 0.05) is 31.6 Å². The standard InChI is InChI=1S/C18H34N2O/c1-4-7-16-10-17(19-18(21)14(2)3)13-20(12-16)11-15-8-5-6-9-15/h14-17H,4-13H2,1-3H3,(H,19,21). The topological polar surface area (TPSA) is 32.3 Å². The lowest BCUT2D eigenvalue weighted by Crippen LogP contribution is -2.52. The van der Waals surface area contributed by atoms with Crippen molar-refractivity contribution in [3.63, 3.8) is 0 Å². The molecule has 0 aromatic rings. The fraction of sp³-hybridized carbons (Fsp3) is 0.944. The first-order valence-corrected chi connectivity index (χ1v) is 9.11. The van der Waals surface area contributed by atoms with Gasteiger partial charge in [0.25, 0.3) is 0 Å². The van der Waals surface area contributed by atoms with Crippen LogP contribution >= 0.6 is 0 Å². The second-order valence-corrected chi connectivity index (χ2v) is 7.62. The Balaban J connectivity index is 1.88. The van der Waals surface area contributed by atoms with Crippen LogP contribution in [-0.4, -0.2) is 36.5 Å². The molecule has 1 N–H and O–H groups in total. The van der Waals surface area contributed by atoms with Gasteiger partial charge in [-0.1, -0.05) is 40.0 Å². The summed E-state index contributed by atoms with van der Waals surface area (Å²) in [5.41, 5.74) is 0. The van der Waals surface area contributed by atoms with Gasteiger partial charge in [0.1, 0.15) is 0 Å². The second kappa shape index (κ2) is 8.17. The lowest BCUT2D eigenvalue weighted by Gasteiger charge is -2.39. The van der Waals surface area contributed by atoms with Crippen molar-refractivity contribution in [1.82, 2.24) is 10.2 Å². The van der Waals surface area contributed by atoms with Crippen LogP contribution in [0.5, 0.6) is 0 Å². The minimum Gasteiger partial charge on any atom is -0.352 e. The number of carbonyl (C=O) groups is 1. The molecule has 2 atom stereocenters. The van der Waals surface area contributed by atoms with Gasteiger partial charge in [-0.15, -0.1) is 0 Å². The Morgan fingerprint density at radius 3 is 2.52 bits per heavy atom. The van der Waals surface area contributed by atoms with Crippen molar-refractivity contribution in [2.24, 2.45) is 17.8 Å². The molecule has 0 spiro atoms. The summed E-state index contributed by atoms with van der Waals surface area (Å²) in [6.45, 7) is 9.81. The van der Waals surface area contributed by atoms with Gasteiger partial charge in [0.15, 0.2) is 0 Å². The lowest BCUT2D eigenvalue weighted by atomic mass is 9.89. The molecule has 0 aromatic carbocycles. The monoisotopic (exact) mass is 294 g/mol. The van der Waals surface area contributed by atoms with Gasteiger partial charge in [-0.2, -0.15) is 0 Å². The Labute approximate surface area is 130 Å². The fourth-order valence-corrected chi connectivity index (χ4v) is 4.10. The van der Waals surface area contributed by atoms with Crippen LogP contribution in [0.1, 0.15) is 65.7 Å². The van der Waals surface area contributed by atoms with E-state index in [-0.39, 0.29) is 11.8 Å². The molecule has 2 fully saturated rings. The summed E-state index contributed by atoms with van der Waals surface area (Å²) in [5, 5.41) is 3.28. The van der Waals surface area contributed by atoms with Gasteiger partial charge < -0.3 is 10.2 Å². The van der Waals surface area contributed by atoms with Gasteiger partial charge in [0.05, 0.1) is 0 Å². The summed E-state index contributed by atoms with van der Waals surface area (Å²) in [4.78, 5) is 14.6. The molecule has 0 radical (unpaired) electrons. The number of hydrogen-bond donors (Lipinski definition) is 1. The molecule has 1 aliphatic carbocycles. The molecule has 21 heavy (non-hydrogen) atoms. The number of likely N-dealkylation sites (tertiary alicyclic amines) is 1. The van der Waals surface area contributed by atoms with E-state index < -0.39 is 0 Å². The first kappa shape index (κ1) is 16.8. The van der Waals surface area contributed by atoms with E-state index in [1.165, 1.54) is 58.0 Å². The van der Waals surface area contributed by atoms with Crippen molar-refractivity contribution in [1.29, 1.82) is 0 Å². The Bertz CT molecular complexity index is 323. The van der Waals surface area contributed by atoms with Gasteiger partial charge >= 0.3 is 0 Å². The fourth-order valence-electron chi connectivity index (χ4n) is 4.10. The molecule has 3 heteroatoms. The second-order valence-electron chi connectivity index (χ2n) is 7.62. The minimum atomic E-state index is 0.0971. The van der Waals surface area contributed by atoms with Crippen molar-refractivity contribution in [3.8, 4) is 0 Å². The molecule has 1 saturated carbocycles. The largest absolute Gasteiger partial charge is 0.352 e. The zero-order valence-corrected chi connectivity index (χ0v) is 14.2. The number of amides is 1. The van der Waals surface area contributed by atoms with E-state index in [9.17, 15) is 4.79 Å². The molecule has 2 unspecified atom stereocenters. The summed E-state index contributed by atoms with van der Waals surface area (Å²) in [6.07, 6.45) is 9.40. The van der Waals surface area contributed by atoms with Gasteiger partial charge in [-0.05, 0) is 37.5 Å². The quantitative estimate of drug-likeness (QED) is 0.814. The number of nitrogens with one attached hydrogen (secondary N) is 1. The average Bonchev–Trinajstić information content (AvgIpc) is 2.91. The molecular weight excluding hydrogens is 260 g/mol. The van der Waals surface area contributed by atoms with Crippen LogP contribution in [0, 0.1) is 17.8 Å². The number of piperidine rings is 1. The van der Waals surface area contributed by atoms with Crippen LogP contribution in [0.3, 0.4) is 0 Å². The van der Waals surface area contributed by atoms with Crippen LogP contribution in [-0.2, 0) is 4.79 Å². The first-order valence-electron chi connectivity index (χ1n) is 9.11. The Morgan fingerprint density at radius 1 is 1.19 bits per heavy atom. The predicted molar refractivity (Wildman–Crippen MR) is 88.2 cm³/mol. The molecule has 2 rings (SSSR count). The Morgan fingerprint density at radius 2 is 1.90 bits per heavy atom. The van der Waals surface area contributed by atoms with E-state index in [1.54, 1.807) is 0 Å². The molecule has 1 aliphatic heterocycles. The number of carbonyl (C=O) groups excluding carboxylic acids is 1. The van der Waals surface area contributed by atoms with Crippen molar-refractivity contribution < 1.29 is 4.79 Å². The highest BCUT2D eigenvalue weighted by Gasteiger charge is 2.30. The third-order valence-corrected chi connectivity index (χ3v) is 5.17. The molecule has 0 bridgehead atoms. The summed E-state index contributed by atoms with van der Waals surface area (Å²) in [6, 6.07) is 0.367. The molecular formula is C18H34N2O. The zero-order chi connectivity index (χ0) is 15.2. The molecule has 1 saturated heterocycles. The van der Waals surface area contributed by atoms with Crippen molar-refractivity contribution in [2.45, 2.75) is 71.8 Å². The van der Waals surface area contributed by atoms with Crippen molar-refractivity contribution in [2.75, 3.05) is 19.6 Å². The minimum absolute atomic E-state index is 0.0971. The maximum atomic E-state index is 12.0. The maximum absolute atomic E-state index is 12.0. The smallest absolute Gasteiger partial charge is 0.222 e. The van der Waals surface area contributed by atoms with E-state index in [2.05, 4.69) is 17.1 Å². The van der Waals surface area contributed by atoms with Gasteiger partial charge in [-0.3, -0.25) is 4.79 Å². The van der Waals surface area contributed by atoms with E-state index in [4.69, 9.17) is 0 Å². The highest BCUT2D eigenvalue weighted by molar-refractivity contribution is 5.78. The molecule has 1 amide bonds. The van der Waals surface area contributed by atoms with Crippen LogP contribution in [0.4, 0.5) is 0 Å². The summed E-state index contributed by atoms with van der Waals surface area (Å²) in [5.74, 6) is 1.99. The normalized spacial score (nSPS) is 28.2. The molecule has 3 nitrogen and oxygen atoms in total. The highest BCUT2D eigenvalue weighted by atomic mass is 16.1. The first-order chi connectivity index (χ1) is 10.1. The van der Waals surface area contributed by atoms with Crippen molar-refractivity contribution in [3.05, 3.63) is 0 Å². The lowest BCUT2D eigenvalue weighted by molar-refractivity contribution is -0.125. The van der Waals surface area contributed by atoms with Crippen LogP contribution in [0.2, 0.25) is 0 Å². The predicted octanol–water partition coefficient (Wildman–Crippen LogP) is 3.44. The third-order valence-electron chi connectivity index (χ3n) is 5.17. The third kappa shape index (κ3) is 5.28. The average molecular weight is 294 g/mol. The van der Waals surface area contributed by atoms with E-state index in [0.29, 0.717) is 6.04 Å². The van der Waals surface area contributed by atoms with Crippen LogP contribution in [0.15, 0.2) is 0 Å². The van der Waals surface area contributed by atoms with E-state index >= 15 is 0 Å². The van der Waals surface area contributed by atoms with Crippen LogP contribution < -0.4 is 5.32 Å². The van der Waals surface area contributed by atoms with E-state index in [1.807, 2.05) is 13.8 Å². The summed E-state index contributed by atoms with van der Waals surface area (Å²) in [7, 11) is 0. The summed E-state index contributed by atoms with van der Waals surface area (Å²) < 4.78 is 0. The van der Waals surface area contributed by atoms with Crippen molar-refractivity contribution >= 4 is 5.91 Å². The van der Waals surface area contributed by atoms with E-state index in [0.717, 1.165) is 18.4 Å². The molecule has 1 heterocycles. The molecule has 122 valence electrons. The Hall–Kier alpha value is -0.570. The molecule has 2 aliphatic rings. The van der Waals surface area contributed by atoms with Crippen LogP contribution in [0.25, 0.3) is 0 Å². The van der Waals surface area contributed by atoms with Gasteiger partial charge in [0.2, 0.25) is 5.91 Å². The number of hydrogen-bond acceptors (Lipinski definition) is 2. The molecule has 0 aromatic heterocycles. The number of rotatable bonds is 6. The SMILES string of the molecule is CCCC1CC(NC(=O)C(C)C)CN(CC2CCCC2)C1. The maximum Gasteiger partial charge on any atom is 0.222 e. The Kier molecular flexibility index (Phi) is 6.53.